The van der Waals surface area contributed by atoms with Gasteiger partial charge in [-0.25, -0.2) is 9.18 Å². The van der Waals surface area contributed by atoms with Gasteiger partial charge in [0.2, 0.25) is 0 Å². The number of anilines is 1. The van der Waals surface area contributed by atoms with Gasteiger partial charge in [0.05, 0.1) is 12.7 Å². The van der Waals surface area contributed by atoms with Crippen molar-refractivity contribution in [2.75, 3.05) is 25.5 Å². The normalized spacial score (nSPS) is 17.2. The number of amides is 2. The van der Waals surface area contributed by atoms with Crippen LogP contribution in [0.25, 0.3) is 0 Å². The van der Waals surface area contributed by atoms with Crippen LogP contribution in [0.2, 0.25) is 0 Å². The van der Waals surface area contributed by atoms with E-state index in [1.807, 2.05) is 24.3 Å². The van der Waals surface area contributed by atoms with E-state index < -0.39 is 23.6 Å². The molecule has 0 spiro atoms. The van der Waals surface area contributed by atoms with Gasteiger partial charge in [0.15, 0.2) is 0 Å². The second kappa shape index (κ2) is 8.69. The van der Waals surface area contributed by atoms with Gasteiger partial charge in [0.25, 0.3) is 0 Å². The van der Waals surface area contributed by atoms with Gasteiger partial charge in [-0.05, 0) is 42.3 Å². The fourth-order valence-electron chi connectivity index (χ4n) is 3.26. The number of nitrogens with one attached hydrogen (secondary N) is 2. The second-order valence-electron chi connectivity index (χ2n) is 6.86. The largest absolute Gasteiger partial charge is 0.497 e. The van der Waals surface area contributed by atoms with Crippen LogP contribution in [0.3, 0.4) is 0 Å². The first-order chi connectivity index (χ1) is 13.7. The molecule has 2 N–H and O–H groups in total. The lowest BCUT2D eigenvalue weighted by Gasteiger charge is -2.17. The molecule has 1 saturated heterocycles. The van der Waals surface area contributed by atoms with Crippen molar-refractivity contribution in [1.82, 2.24) is 10.2 Å². The third-order valence-electron chi connectivity index (χ3n) is 4.70. The van der Waals surface area contributed by atoms with Crippen LogP contribution in [0.15, 0.2) is 42.5 Å². The maximum atomic E-state index is 13.3. The number of carbonyl (C=O) groups is 1. The molecule has 3 rings (SSSR count). The maximum absolute atomic E-state index is 13.3. The number of rotatable bonds is 5. The molecule has 0 saturated carbocycles. The quantitative estimate of drug-likeness (QED) is 0.724. The van der Waals surface area contributed by atoms with Crippen LogP contribution in [-0.2, 0) is 12.7 Å². The summed E-state index contributed by atoms with van der Waals surface area (Å²) < 4.78 is 56.8. The summed E-state index contributed by atoms with van der Waals surface area (Å²) in [6, 6.07) is 9.31. The molecule has 0 radical (unpaired) electrons. The molecule has 0 aliphatic carbocycles. The second-order valence-corrected chi connectivity index (χ2v) is 6.86. The Balaban J connectivity index is 1.51. The van der Waals surface area contributed by atoms with Crippen LogP contribution in [-0.4, -0.2) is 37.2 Å². The number of hydrogen-bond acceptors (Lipinski definition) is 3. The number of carbonyl (C=O) groups excluding carboxylic acids is 1. The topological polar surface area (TPSA) is 53.6 Å². The van der Waals surface area contributed by atoms with Crippen LogP contribution in [0.5, 0.6) is 5.75 Å². The lowest BCUT2D eigenvalue weighted by atomic mass is 10.2. The minimum atomic E-state index is -4.83. The number of benzene rings is 2. The van der Waals surface area contributed by atoms with Crippen molar-refractivity contribution in [1.29, 1.82) is 0 Å². The van der Waals surface area contributed by atoms with E-state index in [1.54, 1.807) is 7.11 Å². The van der Waals surface area contributed by atoms with Gasteiger partial charge in [-0.2, -0.15) is 13.2 Å². The average molecular weight is 411 g/mol. The molecule has 1 fully saturated rings. The molecule has 0 aromatic heterocycles. The highest BCUT2D eigenvalue weighted by atomic mass is 19.4. The van der Waals surface area contributed by atoms with Gasteiger partial charge >= 0.3 is 12.2 Å². The van der Waals surface area contributed by atoms with E-state index in [1.165, 1.54) is 0 Å². The van der Waals surface area contributed by atoms with Gasteiger partial charge in [-0.3, -0.25) is 4.90 Å². The van der Waals surface area contributed by atoms with E-state index in [-0.39, 0.29) is 11.7 Å². The smallest absolute Gasteiger partial charge is 0.419 e. The Morgan fingerprint density at radius 1 is 1.21 bits per heavy atom. The van der Waals surface area contributed by atoms with Crippen molar-refractivity contribution in [2.24, 2.45) is 0 Å². The predicted molar refractivity (Wildman–Crippen MR) is 100 cm³/mol. The summed E-state index contributed by atoms with van der Waals surface area (Å²) in [6.07, 6.45) is -4.10. The minimum absolute atomic E-state index is 0.121. The number of halogens is 4. The molecule has 2 aromatic rings. The van der Waals surface area contributed by atoms with E-state index in [9.17, 15) is 22.4 Å². The van der Waals surface area contributed by atoms with E-state index in [0.29, 0.717) is 18.7 Å². The lowest BCUT2D eigenvalue weighted by Crippen LogP contribution is -2.39. The van der Waals surface area contributed by atoms with Crippen molar-refractivity contribution in [2.45, 2.75) is 25.2 Å². The number of hydrogen-bond donors (Lipinski definition) is 2. The Bertz CT molecular complexity index is 856. The van der Waals surface area contributed by atoms with Crippen LogP contribution >= 0.6 is 0 Å². The fraction of sp³-hybridized carbons (Fsp3) is 0.350. The van der Waals surface area contributed by atoms with Crippen LogP contribution in [0, 0.1) is 5.82 Å². The number of alkyl halides is 3. The average Bonchev–Trinajstić information content (AvgIpc) is 3.09. The number of likely N-dealkylation sites (tertiary alicyclic amines) is 1. The first kappa shape index (κ1) is 20.9. The molecule has 2 amide bonds. The van der Waals surface area contributed by atoms with E-state index in [2.05, 4.69) is 15.5 Å². The monoisotopic (exact) mass is 411 g/mol. The molecule has 9 heteroatoms. The Morgan fingerprint density at radius 2 is 1.93 bits per heavy atom. The Hall–Kier alpha value is -2.81. The van der Waals surface area contributed by atoms with Crippen molar-refractivity contribution < 1.29 is 27.1 Å². The Labute approximate surface area is 165 Å². The third-order valence-corrected chi connectivity index (χ3v) is 4.70. The van der Waals surface area contributed by atoms with Gasteiger partial charge < -0.3 is 15.4 Å². The molecule has 1 aliphatic rings. The van der Waals surface area contributed by atoms with Gasteiger partial charge in [-0.15, -0.1) is 0 Å². The van der Waals surface area contributed by atoms with E-state index >= 15 is 0 Å². The highest BCUT2D eigenvalue weighted by Crippen LogP contribution is 2.33. The van der Waals surface area contributed by atoms with Crippen LogP contribution < -0.4 is 15.4 Å². The summed E-state index contributed by atoms with van der Waals surface area (Å²) in [6.45, 7) is 2.12. The molecule has 1 heterocycles. The summed E-state index contributed by atoms with van der Waals surface area (Å²) in [5, 5.41) is 5.08. The van der Waals surface area contributed by atoms with E-state index in [0.717, 1.165) is 36.9 Å². The molecule has 2 aromatic carbocycles. The molecule has 0 bridgehead atoms. The highest BCUT2D eigenvalue weighted by molar-refractivity contribution is 5.89. The molecule has 29 heavy (non-hydrogen) atoms. The lowest BCUT2D eigenvalue weighted by molar-refractivity contribution is -0.139. The summed E-state index contributed by atoms with van der Waals surface area (Å²) in [7, 11) is 1.60. The summed E-state index contributed by atoms with van der Waals surface area (Å²) >= 11 is 0. The first-order valence-electron chi connectivity index (χ1n) is 9.04. The molecular formula is C20H21F4N3O2. The molecule has 1 atom stereocenters. The van der Waals surface area contributed by atoms with Crippen molar-refractivity contribution >= 4 is 11.7 Å². The van der Waals surface area contributed by atoms with Gasteiger partial charge in [-0.1, -0.05) is 12.1 Å². The molecule has 1 aliphatic heterocycles. The molecule has 156 valence electrons. The predicted octanol–water partition coefficient (Wildman–Crippen LogP) is 4.25. The van der Waals surface area contributed by atoms with Gasteiger partial charge in [0, 0.05) is 31.4 Å². The fourth-order valence-corrected chi connectivity index (χ4v) is 3.26. The Morgan fingerprint density at radius 3 is 2.59 bits per heavy atom. The van der Waals surface area contributed by atoms with Gasteiger partial charge in [0.1, 0.15) is 11.6 Å². The van der Waals surface area contributed by atoms with Crippen molar-refractivity contribution in [3.8, 4) is 5.75 Å². The third kappa shape index (κ3) is 5.60. The summed E-state index contributed by atoms with van der Waals surface area (Å²) in [5.41, 5.74) is -0.423. The Kier molecular flexibility index (Phi) is 6.26. The molecule has 1 unspecified atom stereocenters. The molecule has 5 nitrogen and oxygen atoms in total. The zero-order valence-electron chi connectivity index (χ0n) is 15.7. The summed E-state index contributed by atoms with van der Waals surface area (Å²) in [5.74, 6) is -0.603. The number of nitrogens with zero attached hydrogens (tertiary/aromatic N) is 1. The number of ether oxygens (including phenoxy) is 1. The van der Waals surface area contributed by atoms with Crippen LogP contribution in [0.4, 0.5) is 28.0 Å². The van der Waals surface area contributed by atoms with E-state index in [4.69, 9.17) is 4.74 Å². The zero-order chi connectivity index (χ0) is 21.0. The highest BCUT2D eigenvalue weighted by Gasteiger charge is 2.34. The van der Waals surface area contributed by atoms with Crippen molar-refractivity contribution in [3.63, 3.8) is 0 Å². The van der Waals surface area contributed by atoms with Crippen LogP contribution in [0.1, 0.15) is 17.5 Å². The minimum Gasteiger partial charge on any atom is -0.497 e. The molecular weight excluding hydrogens is 390 g/mol. The zero-order valence-corrected chi connectivity index (χ0v) is 15.7. The summed E-state index contributed by atoms with van der Waals surface area (Å²) in [4.78, 5) is 14.3. The number of methoxy groups -OCH3 is 1. The maximum Gasteiger partial charge on any atom is 0.419 e. The van der Waals surface area contributed by atoms with Crippen molar-refractivity contribution in [3.05, 3.63) is 59.4 Å². The standard InChI is InChI=1S/C20H21F4N3O2/c1-29-16-5-2-13(3-6-16)11-27-9-8-15(12-27)26-19(28)25-14-4-7-18(21)17(10-14)20(22,23)24/h2-7,10,15H,8-9,11-12H2,1H3,(H2,25,26,28). The number of urea groups is 1. The first-order valence-corrected chi connectivity index (χ1v) is 9.04. The SMILES string of the molecule is COc1ccc(CN2CCC(NC(=O)Nc3ccc(F)c(C(F)(F)F)c3)C2)cc1.